The zero-order valence-corrected chi connectivity index (χ0v) is 47.8. The predicted molar refractivity (Wildman–Crippen MR) is 302 cm³/mol. The van der Waals surface area contributed by atoms with Crippen molar-refractivity contribution in [1.29, 1.82) is 0 Å². The first-order chi connectivity index (χ1) is 36.8. The van der Waals surface area contributed by atoms with Crippen LogP contribution in [-0.4, -0.2) is 106 Å². The third-order valence-corrected chi connectivity index (χ3v) is 16.4. The zero-order chi connectivity index (χ0) is 55.0. The van der Waals surface area contributed by atoms with Gasteiger partial charge < -0.3 is 35.1 Å². The van der Waals surface area contributed by atoms with Crippen LogP contribution in [0.2, 0.25) is 5.02 Å². The van der Waals surface area contributed by atoms with E-state index in [1.54, 1.807) is 27.6 Å². The van der Waals surface area contributed by atoms with Gasteiger partial charge in [0.2, 0.25) is 23.6 Å². The summed E-state index contributed by atoms with van der Waals surface area (Å²) in [6.45, 7) is 20.0. The average Bonchev–Trinajstić information content (AvgIpc) is 4.23. The van der Waals surface area contributed by atoms with Crippen LogP contribution in [0, 0.1) is 33.1 Å². The molecule has 1 saturated heterocycles. The molecule has 2 aliphatic heterocycles. The molecule has 3 atom stereocenters. The second-order valence-electron chi connectivity index (χ2n) is 21.3. The van der Waals surface area contributed by atoms with E-state index in [1.807, 2.05) is 131 Å². The van der Waals surface area contributed by atoms with Crippen molar-refractivity contribution in [2.75, 3.05) is 39.6 Å². The number of benzene rings is 3. The Hall–Kier alpha value is -6.31. The molecule has 3 aromatic carbocycles. The Bertz CT molecular complexity index is 3070. The number of carbonyl (C=O) groups excluding carboxylic acids is 4. The van der Waals surface area contributed by atoms with Gasteiger partial charge in [0.05, 0.1) is 40.4 Å². The molecule has 0 aliphatic carbocycles. The van der Waals surface area contributed by atoms with Gasteiger partial charge in [0.15, 0.2) is 5.82 Å². The molecule has 16 nitrogen and oxygen atoms in total. The number of likely N-dealkylation sites (tertiary alicyclic amines) is 1. The minimum absolute atomic E-state index is 0.0676. The molecular weight excluding hydrogens is 1030 g/mol. The average molecular weight is 1100 g/mol. The highest BCUT2D eigenvalue weighted by Gasteiger charge is 2.42. The first-order valence-corrected chi connectivity index (χ1v) is 28.3. The van der Waals surface area contributed by atoms with Crippen molar-refractivity contribution < 1.29 is 33.4 Å². The van der Waals surface area contributed by atoms with Gasteiger partial charge in [0, 0.05) is 60.4 Å². The van der Waals surface area contributed by atoms with Gasteiger partial charge in [-0.15, -0.1) is 32.9 Å². The minimum atomic E-state index is -0.840. The lowest BCUT2D eigenvalue weighted by Crippen LogP contribution is -2.58. The molecular formula is C58H70ClN9O7S2. The first-order valence-electron chi connectivity index (χ1n) is 26.2. The quantitative estimate of drug-likeness (QED) is 0.0552. The van der Waals surface area contributed by atoms with Crippen LogP contribution < -0.4 is 20.7 Å². The monoisotopic (exact) mass is 1100 g/mol. The maximum absolute atomic E-state index is 14.0. The third kappa shape index (κ3) is 13.9. The fourth-order valence-electron chi connectivity index (χ4n) is 9.61. The summed E-state index contributed by atoms with van der Waals surface area (Å²) in [4.78, 5) is 67.9. The van der Waals surface area contributed by atoms with Crippen LogP contribution >= 0.6 is 34.3 Å². The molecule has 8 rings (SSSR count). The highest BCUT2D eigenvalue weighted by Crippen LogP contribution is 2.40. The van der Waals surface area contributed by atoms with Crippen LogP contribution in [-0.2, 0) is 40.7 Å². The molecule has 0 radical (unpaired) electrons. The van der Waals surface area contributed by atoms with Crippen molar-refractivity contribution >= 4 is 63.6 Å². The number of rotatable bonds is 22. The highest BCUT2D eigenvalue weighted by molar-refractivity contribution is 7.15. The van der Waals surface area contributed by atoms with E-state index in [-0.39, 0.29) is 30.7 Å². The standard InChI is InChI=1S/C58H70ClN9O7S2/c1-35-37(3)77-56-49(35)50(40-18-22-43(59)23-19-40)62-45(53-66-65-38(4)68(53)56)31-47(69)64-58(8,9)42-20-24-44(25-21-42)75-30-12-28-73-27-11-29-74-33-48(70)63-52(57(5,6)7)55(72)67-26-10-13-46(67)54(71)60-32-39-14-16-41(17-15-39)51-36(2)61-34-76-51/h14-25,34,45-46,52H,10-13,26-33H2,1-9H3,(H,60,71)(H,63,70)(H,64,69)/t45-,46-,52?/m0/s1. The first kappa shape index (κ1) is 56.9. The van der Waals surface area contributed by atoms with Crippen LogP contribution in [0.3, 0.4) is 0 Å². The lowest BCUT2D eigenvalue weighted by Gasteiger charge is -2.35. The molecule has 0 saturated carbocycles. The van der Waals surface area contributed by atoms with E-state index in [4.69, 9.17) is 30.8 Å². The molecule has 19 heteroatoms. The molecule has 1 fully saturated rings. The summed E-state index contributed by atoms with van der Waals surface area (Å²) in [5.41, 5.74) is 8.30. The molecule has 408 valence electrons. The molecule has 2 aliphatic rings. The molecule has 3 aromatic heterocycles. The fraction of sp³-hybridized carbons (Fsp3) is 0.448. The van der Waals surface area contributed by atoms with Crippen molar-refractivity contribution in [3.63, 3.8) is 0 Å². The predicted octanol–water partition coefficient (Wildman–Crippen LogP) is 9.70. The number of halogens is 1. The molecule has 1 unspecified atom stereocenters. The van der Waals surface area contributed by atoms with E-state index in [2.05, 4.69) is 45.0 Å². The number of fused-ring (bicyclic) bond motifs is 3. The summed E-state index contributed by atoms with van der Waals surface area (Å²) in [5, 5.41) is 19.7. The van der Waals surface area contributed by atoms with Gasteiger partial charge in [-0.2, -0.15) is 0 Å². The Morgan fingerprint density at radius 1 is 0.831 bits per heavy atom. The van der Waals surface area contributed by atoms with E-state index in [0.29, 0.717) is 81.8 Å². The van der Waals surface area contributed by atoms with Gasteiger partial charge >= 0.3 is 0 Å². The normalized spacial score (nSPS) is 15.8. The van der Waals surface area contributed by atoms with Crippen LogP contribution in [0.5, 0.6) is 5.75 Å². The van der Waals surface area contributed by atoms with Crippen molar-refractivity contribution in [1.82, 2.24) is 40.6 Å². The maximum atomic E-state index is 14.0. The number of carbonyl (C=O) groups is 4. The second-order valence-corrected chi connectivity index (χ2v) is 23.8. The van der Waals surface area contributed by atoms with E-state index < -0.39 is 35.0 Å². The van der Waals surface area contributed by atoms with Crippen molar-refractivity contribution in [3.8, 4) is 21.2 Å². The second kappa shape index (κ2) is 25.0. The van der Waals surface area contributed by atoms with Crippen LogP contribution in [0.25, 0.3) is 15.4 Å². The number of thiazole rings is 1. The summed E-state index contributed by atoms with van der Waals surface area (Å²) < 4.78 is 19.5. The van der Waals surface area contributed by atoms with Crippen LogP contribution in [0.15, 0.2) is 83.3 Å². The SMILES string of the molecule is Cc1ncsc1-c1ccc(CNC(=O)[C@@H]2CCCN2C(=O)C(NC(=O)COCCCOCCCOc2ccc(C(C)(C)NC(=O)C[C@@H]3N=C(c4ccc(Cl)cc4)c4c(sc(C)c4C)-n4c(C)nnc43)cc2)C(C)(C)C)cc1. The molecule has 77 heavy (non-hydrogen) atoms. The number of hydrogen-bond acceptors (Lipinski definition) is 13. The van der Waals surface area contributed by atoms with Gasteiger partial charge in [-0.25, -0.2) is 4.98 Å². The van der Waals surface area contributed by atoms with Crippen molar-refractivity contribution in [3.05, 3.63) is 133 Å². The van der Waals surface area contributed by atoms with Gasteiger partial charge in [-0.3, -0.25) is 28.7 Å². The summed E-state index contributed by atoms with van der Waals surface area (Å²) >= 11 is 9.55. The summed E-state index contributed by atoms with van der Waals surface area (Å²) in [6.07, 6.45) is 2.57. The maximum Gasteiger partial charge on any atom is 0.246 e. The van der Waals surface area contributed by atoms with E-state index in [1.165, 1.54) is 4.88 Å². The number of aliphatic imine (C=N–C) groups is 1. The molecule has 0 spiro atoms. The van der Waals surface area contributed by atoms with Crippen molar-refractivity contribution in [2.45, 2.75) is 125 Å². The highest BCUT2D eigenvalue weighted by atomic mass is 35.5. The van der Waals surface area contributed by atoms with Gasteiger partial charge in [-0.1, -0.05) is 80.9 Å². The molecule has 4 amide bonds. The number of ether oxygens (including phenoxy) is 3. The number of hydrogen-bond donors (Lipinski definition) is 3. The number of thiophene rings is 1. The Morgan fingerprint density at radius 3 is 2.21 bits per heavy atom. The summed E-state index contributed by atoms with van der Waals surface area (Å²) in [5.74, 6) is 1.00. The van der Waals surface area contributed by atoms with E-state index in [9.17, 15) is 19.2 Å². The topological polar surface area (TPSA) is 191 Å². The molecule has 5 heterocycles. The number of aryl methyl sites for hydroxylation is 3. The minimum Gasteiger partial charge on any atom is -0.494 e. The Morgan fingerprint density at radius 2 is 1.52 bits per heavy atom. The molecule has 3 N–H and O–H groups in total. The van der Waals surface area contributed by atoms with Crippen LogP contribution in [0.1, 0.15) is 123 Å². The molecule has 0 bridgehead atoms. The van der Waals surface area contributed by atoms with Gasteiger partial charge in [-0.05, 0) is 113 Å². The molecule has 6 aromatic rings. The summed E-state index contributed by atoms with van der Waals surface area (Å²) in [6, 6.07) is 21.3. The number of aromatic nitrogens is 4. The van der Waals surface area contributed by atoms with Gasteiger partial charge in [0.1, 0.15) is 41.3 Å². The lowest BCUT2D eigenvalue weighted by molar-refractivity contribution is -0.144. The van der Waals surface area contributed by atoms with Crippen LogP contribution in [0.4, 0.5) is 0 Å². The van der Waals surface area contributed by atoms with Crippen molar-refractivity contribution in [2.24, 2.45) is 10.4 Å². The largest absolute Gasteiger partial charge is 0.494 e. The Kier molecular flexibility index (Phi) is 18.5. The number of nitrogens with one attached hydrogen (secondary N) is 3. The Balaban J connectivity index is 0.725. The third-order valence-electron chi connectivity index (χ3n) is 14.0. The number of nitrogens with zero attached hydrogens (tertiary/aromatic N) is 6. The smallest absolute Gasteiger partial charge is 0.246 e. The zero-order valence-electron chi connectivity index (χ0n) is 45.5. The van der Waals surface area contributed by atoms with E-state index >= 15 is 0 Å². The fourth-order valence-corrected chi connectivity index (χ4v) is 11.8. The Labute approximate surface area is 464 Å². The number of amides is 4. The van der Waals surface area contributed by atoms with E-state index in [0.717, 1.165) is 60.5 Å². The lowest BCUT2D eigenvalue weighted by atomic mass is 9.85. The van der Waals surface area contributed by atoms with Gasteiger partial charge in [0.25, 0.3) is 0 Å². The summed E-state index contributed by atoms with van der Waals surface area (Å²) in [7, 11) is 0.